The van der Waals surface area contributed by atoms with Gasteiger partial charge >= 0.3 is 5.97 Å². The summed E-state index contributed by atoms with van der Waals surface area (Å²) in [6.07, 6.45) is 3.53. The predicted octanol–water partition coefficient (Wildman–Crippen LogP) is 3.01. The first-order valence-electron chi connectivity index (χ1n) is 12.0. The van der Waals surface area contributed by atoms with Crippen molar-refractivity contribution in [3.63, 3.8) is 0 Å². The second kappa shape index (κ2) is 9.34. The lowest BCUT2D eigenvalue weighted by atomic mass is 9.54. The highest BCUT2D eigenvalue weighted by Crippen LogP contribution is 2.63. The molecule has 0 saturated heterocycles. The summed E-state index contributed by atoms with van der Waals surface area (Å²) in [7, 11) is 0. The molecule has 4 rings (SSSR count). The molecule has 0 aromatic heterocycles. The maximum absolute atomic E-state index is 12.4. The fraction of sp³-hybridized carbons (Fsp3) is 0.593. The molecule has 180 valence electrons. The third-order valence-electron chi connectivity index (χ3n) is 8.56. The Kier molecular flexibility index (Phi) is 6.83. The van der Waals surface area contributed by atoms with E-state index < -0.39 is 23.6 Å². The van der Waals surface area contributed by atoms with Crippen LogP contribution in [0.2, 0.25) is 0 Å². The molecule has 0 spiro atoms. The normalized spacial score (nSPS) is 34.7. The quantitative estimate of drug-likeness (QED) is 0.387. The first-order valence-corrected chi connectivity index (χ1v) is 12.0. The van der Waals surface area contributed by atoms with Crippen molar-refractivity contribution in [2.45, 2.75) is 58.2 Å². The summed E-state index contributed by atoms with van der Waals surface area (Å²) >= 11 is 0. The molecule has 6 nitrogen and oxygen atoms in total. The fourth-order valence-corrected chi connectivity index (χ4v) is 6.29. The SMILES string of the molecule is C[C@H](CO)C1=C2[C@H]3C[C@H](O)C(COC(=O)c4ccccc4)=C[C@H](O)[C@]3(C)CC[C@@]2(CO)CC1. The lowest BCUT2D eigenvalue weighted by Crippen LogP contribution is -2.48. The van der Waals surface area contributed by atoms with Crippen LogP contribution in [0, 0.1) is 22.7 Å². The number of carbonyl (C=O) groups excluding carboxylic acids is 1. The van der Waals surface area contributed by atoms with E-state index in [0.29, 0.717) is 17.6 Å². The average molecular weight is 457 g/mol. The Morgan fingerprint density at radius 1 is 1.15 bits per heavy atom. The molecule has 4 N–H and O–H groups in total. The van der Waals surface area contributed by atoms with Crippen LogP contribution in [0.15, 0.2) is 53.1 Å². The molecule has 33 heavy (non-hydrogen) atoms. The number of ether oxygens (including phenoxy) is 1. The van der Waals surface area contributed by atoms with Crippen LogP contribution >= 0.6 is 0 Å². The number of rotatable bonds is 6. The van der Waals surface area contributed by atoms with E-state index in [4.69, 9.17) is 4.74 Å². The standard InChI is InChI=1S/C27H36O6/c1-17(14-28)20-8-9-27(16-29)11-10-26(2)21(24(20)27)13-22(30)19(12-23(26)31)15-33-25(32)18-6-4-3-5-7-18/h3-7,12,17,21-23,28-31H,8-11,13-16H2,1-2H3/t17-,21-,22+,23+,26-,27-/m1/s1. The molecule has 6 atom stereocenters. The van der Waals surface area contributed by atoms with Crippen LogP contribution in [-0.4, -0.2) is 58.4 Å². The van der Waals surface area contributed by atoms with Gasteiger partial charge in [0.05, 0.1) is 24.4 Å². The van der Waals surface area contributed by atoms with Gasteiger partial charge in [0.25, 0.3) is 0 Å². The minimum Gasteiger partial charge on any atom is -0.457 e. The summed E-state index contributed by atoms with van der Waals surface area (Å²) in [6, 6.07) is 8.70. The number of carbonyl (C=O) groups is 1. The highest BCUT2D eigenvalue weighted by Gasteiger charge is 2.56. The molecule has 1 fully saturated rings. The van der Waals surface area contributed by atoms with Gasteiger partial charge in [0, 0.05) is 23.4 Å². The molecule has 0 unspecified atom stereocenters. The van der Waals surface area contributed by atoms with Gasteiger partial charge in [0.15, 0.2) is 0 Å². The van der Waals surface area contributed by atoms with E-state index in [-0.39, 0.29) is 37.1 Å². The second-order valence-electron chi connectivity index (χ2n) is 10.4. The van der Waals surface area contributed by atoms with E-state index in [0.717, 1.165) is 31.3 Å². The van der Waals surface area contributed by atoms with Crippen LogP contribution in [0.25, 0.3) is 0 Å². The van der Waals surface area contributed by atoms with Gasteiger partial charge in [-0.05, 0) is 55.7 Å². The molecule has 3 aliphatic carbocycles. The Morgan fingerprint density at radius 2 is 1.88 bits per heavy atom. The first-order chi connectivity index (χ1) is 15.8. The zero-order chi connectivity index (χ0) is 23.8. The van der Waals surface area contributed by atoms with Gasteiger partial charge in [-0.2, -0.15) is 0 Å². The molecule has 0 heterocycles. The predicted molar refractivity (Wildman–Crippen MR) is 124 cm³/mol. The number of fused-ring (bicyclic) bond motifs is 3. The number of benzene rings is 1. The molecule has 0 bridgehead atoms. The van der Waals surface area contributed by atoms with Gasteiger partial charge < -0.3 is 25.2 Å². The van der Waals surface area contributed by atoms with E-state index >= 15 is 0 Å². The summed E-state index contributed by atoms with van der Waals surface area (Å²) in [4.78, 5) is 12.4. The molecule has 1 aromatic carbocycles. The summed E-state index contributed by atoms with van der Waals surface area (Å²) in [5.74, 6) is -0.621. The van der Waals surface area contributed by atoms with Crippen molar-refractivity contribution in [2.75, 3.05) is 19.8 Å². The Labute approximate surface area is 195 Å². The monoisotopic (exact) mass is 456 g/mol. The van der Waals surface area contributed by atoms with Crippen molar-refractivity contribution in [2.24, 2.45) is 22.7 Å². The summed E-state index contributed by atoms with van der Waals surface area (Å²) in [5.41, 5.74) is 2.40. The smallest absolute Gasteiger partial charge is 0.338 e. The lowest BCUT2D eigenvalue weighted by Gasteiger charge is -2.52. The van der Waals surface area contributed by atoms with Crippen molar-refractivity contribution in [1.82, 2.24) is 0 Å². The number of aliphatic hydroxyl groups excluding tert-OH is 4. The van der Waals surface area contributed by atoms with Crippen LogP contribution in [0.1, 0.15) is 56.3 Å². The maximum atomic E-state index is 12.4. The van der Waals surface area contributed by atoms with E-state index in [2.05, 4.69) is 6.92 Å². The highest BCUT2D eigenvalue weighted by atomic mass is 16.5. The van der Waals surface area contributed by atoms with Gasteiger partial charge in [-0.15, -0.1) is 0 Å². The largest absolute Gasteiger partial charge is 0.457 e. The molecule has 6 heteroatoms. The Bertz CT molecular complexity index is 937. The zero-order valence-electron chi connectivity index (χ0n) is 19.5. The van der Waals surface area contributed by atoms with Gasteiger partial charge in [0.1, 0.15) is 6.61 Å². The van der Waals surface area contributed by atoms with Crippen molar-refractivity contribution in [3.05, 3.63) is 58.7 Å². The Balaban J connectivity index is 1.62. The molecule has 3 aliphatic rings. The number of hydrogen-bond acceptors (Lipinski definition) is 6. The van der Waals surface area contributed by atoms with E-state index in [1.54, 1.807) is 30.3 Å². The van der Waals surface area contributed by atoms with Crippen LogP contribution in [-0.2, 0) is 4.74 Å². The lowest BCUT2D eigenvalue weighted by molar-refractivity contribution is -0.0290. The summed E-state index contributed by atoms with van der Waals surface area (Å²) in [6.45, 7) is 4.04. The molecule has 0 radical (unpaired) electrons. The van der Waals surface area contributed by atoms with Crippen LogP contribution in [0.3, 0.4) is 0 Å². The number of hydrogen-bond donors (Lipinski definition) is 4. The second-order valence-corrected chi connectivity index (χ2v) is 10.4. The average Bonchev–Trinajstić information content (AvgIpc) is 3.19. The van der Waals surface area contributed by atoms with Crippen molar-refractivity contribution in [1.29, 1.82) is 0 Å². The highest BCUT2D eigenvalue weighted by molar-refractivity contribution is 5.89. The van der Waals surface area contributed by atoms with Gasteiger partial charge in [-0.25, -0.2) is 4.79 Å². The summed E-state index contributed by atoms with van der Waals surface area (Å²) < 4.78 is 5.47. The molecule has 0 amide bonds. The van der Waals surface area contributed by atoms with Crippen molar-refractivity contribution >= 4 is 5.97 Å². The molecule has 0 aliphatic heterocycles. The molecular weight excluding hydrogens is 420 g/mol. The molecular formula is C27H36O6. The van der Waals surface area contributed by atoms with E-state index in [1.165, 1.54) is 5.57 Å². The number of aliphatic hydroxyl groups is 4. The molecule has 1 saturated carbocycles. The molecule has 1 aromatic rings. The minimum atomic E-state index is -0.872. The third-order valence-corrected chi connectivity index (χ3v) is 8.56. The maximum Gasteiger partial charge on any atom is 0.338 e. The van der Waals surface area contributed by atoms with Crippen LogP contribution < -0.4 is 0 Å². The van der Waals surface area contributed by atoms with Gasteiger partial charge in [0.2, 0.25) is 0 Å². The van der Waals surface area contributed by atoms with Crippen LogP contribution in [0.5, 0.6) is 0 Å². The Morgan fingerprint density at radius 3 is 2.55 bits per heavy atom. The van der Waals surface area contributed by atoms with Gasteiger partial charge in [-0.1, -0.05) is 49.3 Å². The van der Waals surface area contributed by atoms with Crippen LogP contribution in [0.4, 0.5) is 0 Å². The van der Waals surface area contributed by atoms with E-state index in [1.807, 2.05) is 13.0 Å². The fourth-order valence-electron chi connectivity index (χ4n) is 6.29. The topological polar surface area (TPSA) is 107 Å². The van der Waals surface area contributed by atoms with Crippen molar-refractivity contribution in [3.8, 4) is 0 Å². The van der Waals surface area contributed by atoms with E-state index in [9.17, 15) is 25.2 Å². The minimum absolute atomic E-state index is 0.0208. The van der Waals surface area contributed by atoms with Crippen molar-refractivity contribution < 1.29 is 30.0 Å². The number of esters is 1. The first kappa shape index (κ1) is 24.1. The third kappa shape index (κ3) is 4.18. The zero-order valence-corrected chi connectivity index (χ0v) is 19.5. The Hall–Kier alpha value is -1.99. The van der Waals surface area contributed by atoms with Gasteiger partial charge in [-0.3, -0.25) is 0 Å². The summed E-state index contributed by atoms with van der Waals surface area (Å²) in [5, 5.41) is 42.7.